The highest BCUT2D eigenvalue weighted by atomic mass is 32.1. The fourth-order valence-electron chi connectivity index (χ4n) is 1.74. The molecule has 1 amide bonds. The summed E-state index contributed by atoms with van der Waals surface area (Å²) in [6.45, 7) is 5.03. The van der Waals surface area contributed by atoms with E-state index in [4.69, 9.17) is 5.11 Å². The van der Waals surface area contributed by atoms with Crippen molar-refractivity contribution in [1.82, 2.24) is 14.9 Å². The molecule has 0 fully saturated rings. The minimum atomic E-state index is -0.133. The molecule has 0 radical (unpaired) electrons. The topological polar surface area (TPSA) is 75.1 Å². The van der Waals surface area contributed by atoms with Crippen molar-refractivity contribution in [2.24, 2.45) is 11.8 Å². The van der Waals surface area contributed by atoms with Crippen LogP contribution in [-0.2, 0) is 0 Å². The van der Waals surface area contributed by atoms with Gasteiger partial charge in [0, 0.05) is 13.2 Å². The quantitative estimate of drug-likeness (QED) is 0.772. The van der Waals surface area contributed by atoms with Crippen LogP contribution in [0.5, 0.6) is 0 Å². The van der Waals surface area contributed by atoms with E-state index in [1.165, 1.54) is 6.20 Å². The Morgan fingerprint density at radius 1 is 1.59 bits per heavy atom. The number of hydrogen-bond acceptors (Lipinski definition) is 5. The van der Waals surface area contributed by atoms with E-state index in [0.29, 0.717) is 23.3 Å². The predicted octanol–water partition coefficient (Wildman–Crippen LogP) is 1.31. The summed E-state index contributed by atoms with van der Waals surface area (Å²) in [5, 5.41) is 15.4. The van der Waals surface area contributed by atoms with Crippen molar-refractivity contribution in [3.63, 3.8) is 0 Å². The lowest BCUT2D eigenvalue weighted by Gasteiger charge is -2.18. The highest BCUT2D eigenvalue weighted by Gasteiger charge is 2.14. The largest absolute Gasteiger partial charge is 0.396 e. The van der Waals surface area contributed by atoms with E-state index >= 15 is 0 Å². The average Bonchev–Trinajstić information content (AvgIpc) is 2.78. The van der Waals surface area contributed by atoms with Gasteiger partial charge in [-0.3, -0.25) is 4.79 Å². The molecule has 1 aromatic rings. The van der Waals surface area contributed by atoms with Crippen LogP contribution >= 0.6 is 11.5 Å². The Bertz CT molecular complexity index is 327. The number of aliphatic hydroxyl groups is 1. The Balaban J connectivity index is 2.38. The van der Waals surface area contributed by atoms with Crippen LogP contribution in [0.15, 0.2) is 6.20 Å². The summed E-state index contributed by atoms with van der Waals surface area (Å²) in [5.74, 6) is 0.755. The third-order valence-electron chi connectivity index (χ3n) is 2.48. The van der Waals surface area contributed by atoms with Gasteiger partial charge in [0.25, 0.3) is 5.91 Å². The molecule has 2 N–H and O–H groups in total. The van der Waals surface area contributed by atoms with Crippen LogP contribution in [-0.4, -0.2) is 33.8 Å². The van der Waals surface area contributed by atoms with Crippen LogP contribution in [0, 0.1) is 11.8 Å². The Kier molecular flexibility index (Phi) is 6.07. The van der Waals surface area contributed by atoms with Crippen molar-refractivity contribution >= 4 is 17.4 Å². The van der Waals surface area contributed by atoms with Gasteiger partial charge in [0.05, 0.1) is 6.20 Å². The molecule has 0 aliphatic heterocycles. The summed E-state index contributed by atoms with van der Waals surface area (Å²) in [6, 6.07) is 0. The highest BCUT2D eigenvalue weighted by molar-refractivity contribution is 7.07. The van der Waals surface area contributed by atoms with Crippen molar-refractivity contribution in [2.75, 3.05) is 13.2 Å². The minimum absolute atomic E-state index is 0.133. The molecule has 0 saturated heterocycles. The Hall–Kier alpha value is -1.01. The van der Waals surface area contributed by atoms with E-state index in [1.54, 1.807) is 0 Å². The molecular formula is C11H19N3O2S. The molecule has 0 aromatic carbocycles. The van der Waals surface area contributed by atoms with Crippen LogP contribution in [0.4, 0.5) is 0 Å². The molecule has 96 valence electrons. The smallest absolute Gasteiger partial charge is 0.264 e. The van der Waals surface area contributed by atoms with Crippen LogP contribution in [0.1, 0.15) is 36.4 Å². The first-order valence-electron chi connectivity index (χ1n) is 5.80. The number of aliphatic hydroxyl groups excluding tert-OH is 1. The molecule has 6 heteroatoms. The molecule has 0 aliphatic carbocycles. The molecule has 1 unspecified atom stereocenters. The fraction of sp³-hybridized carbons (Fsp3) is 0.727. The van der Waals surface area contributed by atoms with Gasteiger partial charge in [0.2, 0.25) is 0 Å². The first kappa shape index (κ1) is 14.1. The van der Waals surface area contributed by atoms with E-state index in [1.807, 2.05) is 0 Å². The second-order valence-electron chi connectivity index (χ2n) is 4.50. The second kappa shape index (κ2) is 7.34. The molecule has 1 heterocycles. The zero-order chi connectivity index (χ0) is 12.7. The molecule has 0 bridgehead atoms. The van der Waals surface area contributed by atoms with Crippen molar-refractivity contribution in [1.29, 1.82) is 0 Å². The Labute approximate surface area is 105 Å². The number of nitrogens with zero attached hydrogens (tertiary/aromatic N) is 2. The van der Waals surface area contributed by atoms with Crippen molar-refractivity contribution in [3.8, 4) is 0 Å². The summed E-state index contributed by atoms with van der Waals surface area (Å²) in [6.07, 6.45) is 3.19. The third kappa shape index (κ3) is 5.23. The van der Waals surface area contributed by atoms with Gasteiger partial charge in [0.15, 0.2) is 0 Å². The van der Waals surface area contributed by atoms with Gasteiger partial charge >= 0.3 is 0 Å². The molecule has 5 nitrogen and oxygen atoms in total. The zero-order valence-corrected chi connectivity index (χ0v) is 11.0. The number of nitrogens with one attached hydrogen (secondary N) is 1. The van der Waals surface area contributed by atoms with Gasteiger partial charge in [-0.15, -0.1) is 5.10 Å². The van der Waals surface area contributed by atoms with E-state index in [-0.39, 0.29) is 12.5 Å². The molecule has 17 heavy (non-hydrogen) atoms. The molecule has 0 spiro atoms. The third-order valence-corrected chi connectivity index (χ3v) is 3.14. The van der Waals surface area contributed by atoms with Crippen LogP contribution in [0.25, 0.3) is 0 Å². The summed E-state index contributed by atoms with van der Waals surface area (Å²) in [5.41, 5.74) is 0. The normalized spacial score (nSPS) is 12.7. The number of rotatable bonds is 7. The van der Waals surface area contributed by atoms with E-state index in [9.17, 15) is 4.79 Å². The molecular weight excluding hydrogens is 238 g/mol. The zero-order valence-electron chi connectivity index (χ0n) is 10.2. The Morgan fingerprint density at radius 2 is 2.35 bits per heavy atom. The fourth-order valence-corrected chi connectivity index (χ4v) is 2.18. The van der Waals surface area contributed by atoms with Crippen LogP contribution < -0.4 is 5.32 Å². The number of carbonyl (C=O) groups excluding carboxylic acids is 1. The second-order valence-corrected chi connectivity index (χ2v) is 5.29. The summed E-state index contributed by atoms with van der Waals surface area (Å²) < 4.78 is 3.65. The number of amides is 1. The highest BCUT2D eigenvalue weighted by Crippen LogP contribution is 2.14. The van der Waals surface area contributed by atoms with E-state index < -0.39 is 0 Å². The summed E-state index contributed by atoms with van der Waals surface area (Å²) in [4.78, 5) is 12.2. The van der Waals surface area contributed by atoms with Gasteiger partial charge in [-0.25, -0.2) is 0 Å². The number of hydrogen-bond donors (Lipinski definition) is 2. The van der Waals surface area contributed by atoms with E-state index in [0.717, 1.165) is 24.4 Å². The first-order chi connectivity index (χ1) is 8.13. The molecule has 1 aromatic heterocycles. The van der Waals surface area contributed by atoms with Crippen LogP contribution in [0.3, 0.4) is 0 Å². The van der Waals surface area contributed by atoms with E-state index in [2.05, 4.69) is 28.8 Å². The van der Waals surface area contributed by atoms with Gasteiger partial charge in [-0.1, -0.05) is 18.3 Å². The first-order valence-corrected chi connectivity index (χ1v) is 6.57. The van der Waals surface area contributed by atoms with Gasteiger partial charge in [0.1, 0.15) is 4.88 Å². The molecule has 1 atom stereocenters. The van der Waals surface area contributed by atoms with Gasteiger partial charge < -0.3 is 10.4 Å². The van der Waals surface area contributed by atoms with Gasteiger partial charge in [-0.05, 0) is 36.2 Å². The lowest BCUT2D eigenvalue weighted by molar-refractivity contribution is 0.0945. The molecule has 0 saturated carbocycles. The van der Waals surface area contributed by atoms with Crippen molar-refractivity contribution in [2.45, 2.75) is 26.7 Å². The minimum Gasteiger partial charge on any atom is -0.396 e. The number of carbonyl (C=O) groups is 1. The number of aromatic nitrogens is 2. The SMILES string of the molecule is CC(C)CC(CCO)CNC(=O)c1cnns1. The lowest BCUT2D eigenvalue weighted by atomic mass is 9.94. The molecule has 0 aliphatic rings. The average molecular weight is 257 g/mol. The maximum Gasteiger partial charge on any atom is 0.264 e. The van der Waals surface area contributed by atoms with Crippen LogP contribution in [0.2, 0.25) is 0 Å². The summed E-state index contributed by atoms with van der Waals surface area (Å²) >= 11 is 1.09. The lowest BCUT2D eigenvalue weighted by Crippen LogP contribution is -2.29. The maximum absolute atomic E-state index is 11.7. The van der Waals surface area contributed by atoms with Crippen molar-refractivity contribution in [3.05, 3.63) is 11.1 Å². The molecule has 1 rings (SSSR count). The monoisotopic (exact) mass is 257 g/mol. The predicted molar refractivity (Wildman–Crippen MR) is 66.9 cm³/mol. The maximum atomic E-state index is 11.7. The standard InChI is InChI=1S/C11H19N3O2S/c1-8(2)5-9(3-4-15)6-12-11(16)10-7-13-14-17-10/h7-9,15H,3-6H2,1-2H3,(H,12,16). The van der Waals surface area contributed by atoms with Crippen molar-refractivity contribution < 1.29 is 9.90 Å². The summed E-state index contributed by atoms with van der Waals surface area (Å²) in [7, 11) is 0. The van der Waals surface area contributed by atoms with Gasteiger partial charge in [-0.2, -0.15) is 0 Å². The Morgan fingerprint density at radius 3 is 2.88 bits per heavy atom.